The highest BCUT2D eigenvalue weighted by atomic mass is 79.9. The van der Waals surface area contributed by atoms with E-state index in [2.05, 4.69) is 21.2 Å². The minimum absolute atomic E-state index is 0.160. The molecule has 0 aliphatic rings. The highest BCUT2D eigenvalue weighted by Gasteiger charge is 2.20. The summed E-state index contributed by atoms with van der Waals surface area (Å²) >= 11 is 3.48. The molecule has 0 fully saturated rings. The van der Waals surface area contributed by atoms with Crippen molar-refractivity contribution in [1.29, 1.82) is 0 Å². The number of amides is 1. The fraction of sp³-hybridized carbons (Fsp3) is 0.250. The Bertz CT molecular complexity index is 726. The third-order valence-corrected chi connectivity index (χ3v) is 4.54. The van der Waals surface area contributed by atoms with Gasteiger partial charge in [0.25, 0.3) is 5.91 Å². The molecule has 2 rings (SSSR count). The van der Waals surface area contributed by atoms with E-state index in [0.717, 1.165) is 15.6 Å². The minimum Gasteiger partial charge on any atom is -0.481 e. The average Bonchev–Trinajstić information content (AvgIpc) is 2.76. The van der Waals surface area contributed by atoms with Gasteiger partial charge in [0.1, 0.15) is 12.2 Å². The summed E-state index contributed by atoms with van der Waals surface area (Å²) in [5.41, 5.74) is 3.56. The van der Waals surface area contributed by atoms with Gasteiger partial charge in [-0.1, -0.05) is 15.9 Å². The monoisotopic (exact) mass is 365 g/mol. The second-order valence-electron chi connectivity index (χ2n) is 5.17. The number of aliphatic carboxylic acids is 1. The van der Waals surface area contributed by atoms with Gasteiger partial charge in [0.05, 0.1) is 11.8 Å². The molecule has 5 nitrogen and oxygen atoms in total. The van der Waals surface area contributed by atoms with Gasteiger partial charge in [-0.25, -0.2) is 0 Å². The van der Waals surface area contributed by atoms with Crippen molar-refractivity contribution in [3.05, 3.63) is 50.9 Å². The van der Waals surface area contributed by atoms with Crippen LogP contribution in [0.5, 0.6) is 0 Å². The number of halogens is 1. The van der Waals surface area contributed by atoms with Crippen LogP contribution in [0.3, 0.4) is 0 Å². The third-order valence-electron chi connectivity index (χ3n) is 3.28. The van der Waals surface area contributed by atoms with Gasteiger partial charge in [-0.05, 0) is 44.0 Å². The third kappa shape index (κ3) is 3.39. The van der Waals surface area contributed by atoms with Gasteiger partial charge in [-0.2, -0.15) is 0 Å². The Morgan fingerprint density at radius 1 is 1.18 bits per heavy atom. The van der Waals surface area contributed by atoms with Crippen molar-refractivity contribution >= 4 is 33.5 Å². The number of benzene rings is 1. The van der Waals surface area contributed by atoms with E-state index in [0.29, 0.717) is 11.3 Å². The number of hydrogen-bond acceptors (Lipinski definition) is 3. The van der Waals surface area contributed by atoms with Gasteiger partial charge < -0.3 is 14.8 Å². The Hall–Kier alpha value is -2.08. The van der Waals surface area contributed by atoms with Crippen LogP contribution < -0.4 is 5.32 Å². The highest BCUT2D eigenvalue weighted by Crippen LogP contribution is 2.26. The number of aryl methyl sites for hydroxylation is 3. The molecule has 0 aliphatic carbocycles. The summed E-state index contributed by atoms with van der Waals surface area (Å²) in [5, 5.41) is 11.7. The number of anilines is 1. The molecule has 0 spiro atoms. The molecule has 2 N–H and O–H groups in total. The van der Waals surface area contributed by atoms with Crippen molar-refractivity contribution in [2.75, 3.05) is 5.32 Å². The number of furan rings is 1. The molecule has 0 atom stereocenters. The van der Waals surface area contributed by atoms with Crippen LogP contribution in [0.25, 0.3) is 0 Å². The zero-order valence-corrected chi connectivity index (χ0v) is 14.1. The normalized spacial score (nSPS) is 10.5. The summed E-state index contributed by atoms with van der Waals surface area (Å²) in [7, 11) is 0. The maximum atomic E-state index is 12.4. The van der Waals surface area contributed by atoms with E-state index in [-0.39, 0.29) is 23.7 Å². The van der Waals surface area contributed by atoms with Gasteiger partial charge in [0.15, 0.2) is 0 Å². The largest absolute Gasteiger partial charge is 0.481 e. The standard InChI is InChI=1S/C16H16BrNO4/c1-8-4-11(5-9(2)15(8)17)18-16(21)14-10(3)7-22-12(14)6-13(19)20/h4-5,7H,6H2,1-3H3,(H,18,21)(H,19,20). The fourth-order valence-corrected chi connectivity index (χ4v) is 2.51. The van der Waals surface area contributed by atoms with E-state index in [1.165, 1.54) is 6.26 Å². The molecule has 1 aromatic heterocycles. The first-order valence-corrected chi connectivity index (χ1v) is 7.45. The molecule has 22 heavy (non-hydrogen) atoms. The molecule has 0 aliphatic heterocycles. The van der Waals surface area contributed by atoms with Crippen molar-refractivity contribution in [2.45, 2.75) is 27.2 Å². The zero-order chi connectivity index (χ0) is 16.4. The van der Waals surface area contributed by atoms with Crippen LogP contribution in [0.1, 0.15) is 32.8 Å². The molecule has 0 radical (unpaired) electrons. The summed E-state index contributed by atoms with van der Waals surface area (Å²) in [5.74, 6) is -1.25. The average molecular weight is 366 g/mol. The van der Waals surface area contributed by atoms with E-state index in [1.807, 2.05) is 26.0 Å². The summed E-state index contributed by atoms with van der Waals surface area (Å²) in [6.45, 7) is 5.58. The van der Waals surface area contributed by atoms with Crippen molar-refractivity contribution < 1.29 is 19.1 Å². The first-order valence-electron chi connectivity index (χ1n) is 6.66. The molecular formula is C16H16BrNO4. The van der Waals surface area contributed by atoms with E-state index in [9.17, 15) is 9.59 Å². The number of rotatable bonds is 4. The van der Waals surface area contributed by atoms with Gasteiger partial charge in [-0.15, -0.1) is 0 Å². The van der Waals surface area contributed by atoms with Crippen LogP contribution in [0.2, 0.25) is 0 Å². The molecule has 0 saturated heterocycles. The number of nitrogens with one attached hydrogen (secondary N) is 1. The van der Waals surface area contributed by atoms with Crippen LogP contribution in [0.15, 0.2) is 27.3 Å². The second kappa shape index (κ2) is 6.36. The van der Waals surface area contributed by atoms with Crippen molar-refractivity contribution in [1.82, 2.24) is 0 Å². The Kier molecular flexibility index (Phi) is 4.71. The maximum Gasteiger partial charge on any atom is 0.311 e. The van der Waals surface area contributed by atoms with E-state index >= 15 is 0 Å². The minimum atomic E-state index is -1.04. The summed E-state index contributed by atoms with van der Waals surface area (Å²) in [4.78, 5) is 23.3. The van der Waals surface area contributed by atoms with Crippen LogP contribution in [-0.4, -0.2) is 17.0 Å². The molecule has 116 valence electrons. The molecule has 0 bridgehead atoms. The Balaban J connectivity index is 2.30. The van der Waals surface area contributed by atoms with Crippen molar-refractivity contribution in [2.24, 2.45) is 0 Å². The quantitative estimate of drug-likeness (QED) is 0.862. The maximum absolute atomic E-state index is 12.4. The van der Waals surface area contributed by atoms with E-state index < -0.39 is 5.97 Å². The predicted molar refractivity (Wildman–Crippen MR) is 86.4 cm³/mol. The predicted octanol–water partition coefficient (Wildman–Crippen LogP) is 3.85. The lowest BCUT2D eigenvalue weighted by Gasteiger charge is -2.10. The van der Waals surface area contributed by atoms with Crippen molar-refractivity contribution in [3.8, 4) is 0 Å². The molecule has 0 saturated carbocycles. The van der Waals surface area contributed by atoms with E-state index in [4.69, 9.17) is 9.52 Å². The highest BCUT2D eigenvalue weighted by molar-refractivity contribution is 9.10. The molecule has 1 heterocycles. The summed E-state index contributed by atoms with van der Waals surface area (Å²) in [6, 6.07) is 3.70. The van der Waals surface area contributed by atoms with Gasteiger partial charge in [0.2, 0.25) is 0 Å². The van der Waals surface area contributed by atoms with Crippen LogP contribution >= 0.6 is 15.9 Å². The molecule has 1 amide bonds. The smallest absolute Gasteiger partial charge is 0.311 e. The van der Waals surface area contributed by atoms with Gasteiger partial charge in [0, 0.05) is 15.7 Å². The van der Waals surface area contributed by atoms with Gasteiger partial charge in [-0.3, -0.25) is 9.59 Å². The number of carbonyl (C=O) groups is 2. The Labute approximate surface area is 136 Å². The number of carboxylic acids is 1. The Morgan fingerprint density at radius 3 is 2.32 bits per heavy atom. The second-order valence-corrected chi connectivity index (χ2v) is 5.96. The number of hydrogen-bond donors (Lipinski definition) is 2. The summed E-state index contributed by atoms with van der Waals surface area (Å²) in [6.07, 6.45) is 1.07. The molecule has 1 aromatic carbocycles. The first-order chi connectivity index (χ1) is 10.3. The number of carbonyl (C=O) groups excluding carboxylic acids is 1. The van der Waals surface area contributed by atoms with Crippen LogP contribution in [0.4, 0.5) is 5.69 Å². The molecule has 2 aromatic rings. The fourth-order valence-electron chi connectivity index (χ4n) is 2.28. The lowest BCUT2D eigenvalue weighted by atomic mass is 10.1. The first kappa shape index (κ1) is 16.3. The van der Waals surface area contributed by atoms with Crippen molar-refractivity contribution in [3.63, 3.8) is 0 Å². The summed E-state index contributed by atoms with van der Waals surface area (Å²) < 4.78 is 6.18. The van der Waals surface area contributed by atoms with E-state index in [1.54, 1.807) is 6.92 Å². The van der Waals surface area contributed by atoms with Crippen LogP contribution in [0, 0.1) is 20.8 Å². The van der Waals surface area contributed by atoms with Gasteiger partial charge >= 0.3 is 5.97 Å². The molecule has 6 heteroatoms. The lowest BCUT2D eigenvalue weighted by molar-refractivity contribution is -0.136. The SMILES string of the molecule is Cc1cc(NC(=O)c2c(C)coc2CC(=O)O)cc(C)c1Br. The van der Waals surface area contributed by atoms with Crippen LogP contribution in [-0.2, 0) is 11.2 Å². The topological polar surface area (TPSA) is 79.5 Å². The number of carboxylic acid groups (broad SMARTS) is 1. The lowest BCUT2D eigenvalue weighted by Crippen LogP contribution is -2.15. The molecule has 0 unspecified atom stereocenters. The Morgan fingerprint density at radius 2 is 1.77 bits per heavy atom. The molecular weight excluding hydrogens is 350 g/mol. The zero-order valence-electron chi connectivity index (χ0n) is 12.5.